The Balaban J connectivity index is 1.69. The Hall–Kier alpha value is -0.160. The van der Waals surface area contributed by atoms with Crippen molar-refractivity contribution in [1.82, 2.24) is 5.32 Å². The van der Waals surface area contributed by atoms with Gasteiger partial charge in [0.25, 0.3) is 0 Å². The summed E-state index contributed by atoms with van der Waals surface area (Å²) in [6.45, 7) is 0.955. The molecular weight excluding hydrogens is 374 g/mol. The molecule has 0 bridgehead atoms. The molecule has 0 amide bonds. The van der Waals surface area contributed by atoms with Gasteiger partial charge in [-0.3, -0.25) is 0 Å². The number of nitrogens with one attached hydrogen (secondary N) is 1. The number of benzene rings is 1. The van der Waals surface area contributed by atoms with Crippen LogP contribution in [-0.2, 0) is 13.0 Å². The predicted octanol–water partition coefficient (Wildman–Crippen LogP) is 5.05. The predicted molar refractivity (Wildman–Crippen MR) is 84.1 cm³/mol. The van der Waals surface area contributed by atoms with Gasteiger partial charge in [0.1, 0.15) is 0 Å². The Morgan fingerprint density at radius 3 is 2.89 bits per heavy atom. The molecule has 1 N–H and O–H groups in total. The molecule has 1 unspecified atom stereocenters. The van der Waals surface area contributed by atoms with Crippen LogP contribution in [0.3, 0.4) is 0 Å². The zero-order chi connectivity index (χ0) is 12.5. The van der Waals surface area contributed by atoms with Gasteiger partial charge in [0.2, 0.25) is 0 Å². The minimum atomic E-state index is 0.508. The molecule has 2 aromatic rings. The van der Waals surface area contributed by atoms with Crippen molar-refractivity contribution in [2.75, 3.05) is 0 Å². The molecular formula is C14H13Br2NS. The zero-order valence-corrected chi connectivity index (χ0v) is 13.7. The van der Waals surface area contributed by atoms with Crippen molar-refractivity contribution in [1.29, 1.82) is 0 Å². The van der Waals surface area contributed by atoms with Gasteiger partial charge in [0, 0.05) is 31.8 Å². The summed E-state index contributed by atoms with van der Waals surface area (Å²) in [4.78, 5) is 1.38. The van der Waals surface area contributed by atoms with E-state index >= 15 is 0 Å². The summed E-state index contributed by atoms with van der Waals surface area (Å²) < 4.78 is 2.36. The van der Waals surface area contributed by atoms with E-state index < -0.39 is 0 Å². The number of hydrogen-bond acceptors (Lipinski definition) is 2. The van der Waals surface area contributed by atoms with E-state index in [1.807, 2.05) is 0 Å². The lowest BCUT2D eigenvalue weighted by Crippen LogP contribution is -2.17. The van der Waals surface area contributed by atoms with Gasteiger partial charge in [-0.05, 0) is 58.1 Å². The summed E-state index contributed by atoms with van der Waals surface area (Å²) in [7, 11) is 0. The molecule has 0 radical (unpaired) electrons. The molecule has 4 heteroatoms. The Labute approximate surface area is 128 Å². The van der Waals surface area contributed by atoms with Gasteiger partial charge in [0.05, 0.1) is 0 Å². The van der Waals surface area contributed by atoms with Gasteiger partial charge >= 0.3 is 0 Å². The molecule has 1 heterocycles. The molecule has 1 atom stereocenters. The van der Waals surface area contributed by atoms with Gasteiger partial charge in [-0.25, -0.2) is 0 Å². The van der Waals surface area contributed by atoms with E-state index in [-0.39, 0.29) is 0 Å². The van der Waals surface area contributed by atoms with Gasteiger partial charge in [-0.15, -0.1) is 11.3 Å². The van der Waals surface area contributed by atoms with E-state index in [0.29, 0.717) is 6.04 Å². The van der Waals surface area contributed by atoms with Crippen LogP contribution in [0.25, 0.3) is 0 Å². The van der Waals surface area contributed by atoms with Crippen molar-refractivity contribution >= 4 is 43.2 Å². The van der Waals surface area contributed by atoms with E-state index in [9.17, 15) is 0 Å². The third-order valence-corrected chi connectivity index (χ3v) is 5.52. The minimum Gasteiger partial charge on any atom is -0.305 e. The van der Waals surface area contributed by atoms with Crippen LogP contribution in [0.5, 0.6) is 0 Å². The number of aryl methyl sites for hydroxylation is 1. The largest absolute Gasteiger partial charge is 0.305 e. The summed E-state index contributed by atoms with van der Waals surface area (Å²) in [5, 5.41) is 5.80. The lowest BCUT2D eigenvalue weighted by Gasteiger charge is -2.13. The maximum absolute atomic E-state index is 3.66. The van der Waals surface area contributed by atoms with E-state index in [1.165, 1.54) is 37.8 Å². The average molecular weight is 387 g/mol. The third-order valence-electron chi connectivity index (χ3n) is 3.33. The van der Waals surface area contributed by atoms with Crippen LogP contribution in [-0.4, -0.2) is 0 Å². The summed E-state index contributed by atoms with van der Waals surface area (Å²) >= 11 is 8.84. The summed E-state index contributed by atoms with van der Waals surface area (Å²) in [6.07, 6.45) is 2.39. The van der Waals surface area contributed by atoms with E-state index in [1.54, 1.807) is 11.3 Å². The molecule has 0 fully saturated rings. The molecule has 1 aliphatic rings. The fourth-order valence-corrected chi connectivity index (χ4v) is 4.28. The highest BCUT2D eigenvalue weighted by Gasteiger charge is 2.21. The van der Waals surface area contributed by atoms with Crippen LogP contribution < -0.4 is 5.32 Å². The molecule has 18 heavy (non-hydrogen) atoms. The second kappa shape index (κ2) is 5.45. The van der Waals surface area contributed by atoms with E-state index in [2.05, 4.69) is 66.8 Å². The van der Waals surface area contributed by atoms with Gasteiger partial charge in [0.15, 0.2) is 0 Å². The number of rotatable bonds is 3. The van der Waals surface area contributed by atoms with Gasteiger partial charge in [-0.2, -0.15) is 0 Å². The topological polar surface area (TPSA) is 12.0 Å². The van der Waals surface area contributed by atoms with Crippen molar-refractivity contribution < 1.29 is 0 Å². The van der Waals surface area contributed by atoms with E-state index in [4.69, 9.17) is 0 Å². The van der Waals surface area contributed by atoms with Gasteiger partial charge in [-0.1, -0.05) is 22.0 Å². The van der Waals surface area contributed by atoms with Crippen LogP contribution >= 0.6 is 43.2 Å². The fraction of sp³-hybridized carbons (Fsp3) is 0.286. The number of fused-ring (bicyclic) bond motifs is 1. The quantitative estimate of drug-likeness (QED) is 0.778. The minimum absolute atomic E-state index is 0.508. The lowest BCUT2D eigenvalue weighted by molar-refractivity contribution is 0.533. The first-order valence-corrected chi connectivity index (χ1v) is 8.43. The molecule has 0 spiro atoms. The second-order valence-electron chi connectivity index (χ2n) is 4.55. The summed E-state index contributed by atoms with van der Waals surface area (Å²) in [5.41, 5.74) is 2.95. The Kier molecular flexibility index (Phi) is 3.89. The maximum atomic E-state index is 3.66. The molecule has 1 aromatic heterocycles. The van der Waals surface area contributed by atoms with Crippen molar-refractivity contribution in [3.8, 4) is 0 Å². The Morgan fingerprint density at radius 2 is 2.11 bits per heavy atom. The molecule has 0 aliphatic heterocycles. The van der Waals surface area contributed by atoms with Crippen LogP contribution in [0.1, 0.15) is 28.5 Å². The average Bonchev–Trinajstić information content (AvgIpc) is 2.92. The first-order chi connectivity index (χ1) is 8.72. The fourth-order valence-electron chi connectivity index (χ4n) is 2.47. The Bertz CT molecular complexity index is 565. The maximum Gasteiger partial charge on any atom is 0.0329 e. The van der Waals surface area contributed by atoms with Gasteiger partial charge < -0.3 is 5.32 Å². The highest BCUT2D eigenvalue weighted by molar-refractivity contribution is 9.10. The first-order valence-electron chi connectivity index (χ1n) is 5.97. The molecule has 1 aliphatic carbocycles. The van der Waals surface area contributed by atoms with Crippen molar-refractivity contribution in [3.63, 3.8) is 0 Å². The number of hydrogen-bond donors (Lipinski definition) is 1. The highest BCUT2D eigenvalue weighted by atomic mass is 79.9. The van der Waals surface area contributed by atoms with Crippen molar-refractivity contribution in [3.05, 3.63) is 54.6 Å². The van der Waals surface area contributed by atoms with Crippen molar-refractivity contribution in [2.24, 2.45) is 0 Å². The molecule has 0 saturated carbocycles. The van der Waals surface area contributed by atoms with Crippen LogP contribution in [0.4, 0.5) is 0 Å². The van der Waals surface area contributed by atoms with Crippen molar-refractivity contribution in [2.45, 2.75) is 25.4 Å². The second-order valence-corrected chi connectivity index (χ2v) is 7.37. The standard InChI is InChI=1S/C14H13Br2NS/c15-10-2-3-13-9(5-10)1-4-14(13)17-7-12-6-11(16)8-18-12/h2-3,5-6,8,14,17H,1,4,7H2. The third kappa shape index (κ3) is 2.72. The van der Waals surface area contributed by atoms with Crippen LogP contribution in [0, 0.1) is 0 Å². The number of halogens is 2. The van der Waals surface area contributed by atoms with Crippen LogP contribution in [0.15, 0.2) is 38.6 Å². The Morgan fingerprint density at radius 1 is 1.22 bits per heavy atom. The molecule has 0 saturated heterocycles. The molecule has 1 aromatic carbocycles. The smallest absolute Gasteiger partial charge is 0.0329 e. The number of thiophene rings is 1. The molecule has 94 valence electrons. The van der Waals surface area contributed by atoms with E-state index in [0.717, 1.165) is 6.54 Å². The SMILES string of the molecule is Brc1csc(CNC2CCc3cc(Br)ccc32)c1. The lowest BCUT2D eigenvalue weighted by atomic mass is 10.1. The monoisotopic (exact) mass is 385 g/mol. The zero-order valence-electron chi connectivity index (χ0n) is 9.75. The normalized spacial score (nSPS) is 18.0. The summed E-state index contributed by atoms with van der Waals surface area (Å²) in [5.74, 6) is 0. The van der Waals surface area contributed by atoms with Crippen LogP contribution in [0.2, 0.25) is 0 Å². The highest BCUT2D eigenvalue weighted by Crippen LogP contribution is 2.33. The molecule has 3 rings (SSSR count). The first kappa shape index (κ1) is 12.9. The molecule has 1 nitrogen and oxygen atoms in total. The summed E-state index contributed by atoms with van der Waals surface area (Å²) in [6, 6.07) is 9.33.